The van der Waals surface area contributed by atoms with Crippen LogP contribution in [0.3, 0.4) is 0 Å². The number of anilines is 1. The molecule has 0 radical (unpaired) electrons. The lowest BCUT2D eigenvalue weighted by molar-refractivity contribution is -0.140. The van der Waals surface area contributed by atoms with Crippen molar-refractivity contribution in [1.29, 1.82) is 0 Å². The van der Waals surface area contributed by atoms with Crippen LogP contribution in [0.1, 0.15) is 42.5 Å². The summed E-state index contributed by atoms with van der Waals surface area (Å²) in [6.07, 6.45) is 3.44. The number of carbonyl (C=O) groups excluding carboxylic acids is 3. The Morgan fingerprint density at radius 1 is 1.17 bits per heavy atom. The SMILES string of the molecule is COC(=O)CCNC(=O)c1ccc(NC(=O)C2(N)CCCC2)cc1. The number of rotatable bonds is 6. The van der Waals surface area contributed by atoms with E-state index in [-0.39, 0.29) is 30.7 Å². The van der Waals surface area contributed by atoms with Gasteiger partial charge in [-0.2, -0.15) is 0 Å². The van der Waals surface area contributed by atoms with Gasteiger partial charge < -0.3 is 21.1 Å². The number of esters is 1. The van der Waals surface area contributed by atoms with Crippen LogP contribution in [0.15, 0.2) is 24.3 Å². The first-order valence-corrected chi connectivity index (χ1v) is 8.00. The maximum atomic E-state index is 12.2. The van der Waals surface area contributed by atoms with Crippen molar-refractivity contribution in [3.05, 3.63) is 29.8 Å². The van der Waals surface area contributed by atoms with E-state index in [1.165, 1.54) is 7.11 Å². The number of carbonyl (C=O) groups is 3. The van der Waals surface area contributed by atoms with Crippen molar-refractivity contribution in [2.75, 3.05) is 19.0 Å². The van der Waals surface area contributed by atoms with E-state index in [9.17, 15) is 14.4 Å². The molecule has 1 aromatic carbocycles. The highest BCUT2D eigenvalue weighted by Crippen LogP contribution is 2.28. The number of ether oxygens (including phenoxy) is 1. The van der Waals surface area contributed by atoms with Gasteiger partial charge in [0.2, 0.25) is 5.91 Å². The van der Waals surface area contributed by atoms with E-state index in [1.807, 2.05) is 0 Å². The Morgan fingerprint density at radius 3 is 2.38 bits per heavy atom. The lowest BCUT2D eigenvalue weighted by Crippen LogP contribution is -2.48. The van der Waals surface area contributed by atoms with Gasteiger partial charge in [-0.3, -0.25) is 14.4 Å². The monoisotopic (exact) mass is 333 g/mol. The number of nitrogens with one attached hydrogen (secondary N) is 2. The first-order chi connectivity index (χ1) is 11.4. The Hall–Kier alpha value is -2.41. The molecule has 1 fully saturated rings. The van der Waals surface area contributed by atoms with Gasteiger partial charge in [-0.25, -0.2) is 0 Å². The molecule has 130 valence electrons. The van der Waals surface area contributed by atoms with Crippen molar-refractivity contribution in [2.24, 2.45) is 5.73 Å². The highest BCUT2D eigenvalue weighted by molar-refractivity contribution is 5.99. The van der Waals surface area contributed by atoms with Crippen LogP contribution in [0.5, 0.6) is 0 Å². The van der Waals surface area contributed by atoms with Gasteiger partial charge in [0.15, 0.2) is 0 Å². The van der Waals surface area contributed by atoms with Gasteiger partial charge in [-0.1, -0.05) is 12.8 Å². The van der Waals surface area contributed by atoms with Crippen molar-refractivity contribution < 1.29 is 19.1 Å². The Morgan fingerprint density at radius 2 is 1.79 bits per heavy atom. The summed E-state index contributed by atoms with van der Waals surface area (Å²) in [6.45, 7) is 0.208. The molecule has 4 N–H and O–H groups in total. The Bertz CT molecular complexity index is 607. The first kappa shape index (κ1) is 17.9. The fourth-order valence-electron chi connectivity index (χ4n) is 2.68. The minimum Gasteiger partial charge on any atom is -0.469 e. The molecule has 1 aromatic rings. The zero-order chi connectivity index (χ0) is 17.6. The third kappa shape index (κ3) is 4.55. The smallest absolute Gasteiger partial charge is 0.307 e. The van der Waals surface area contributed by atoms with E-state index in [0.717, 1.165) is 12.8 Å². The maximum Gasteiger partial charge on any atom is 0.307 e. The molecule has 0 saturated heterocycles. The minimum atomic E-state index is -0.788. The second-order valence-electron chi connectivity index (χ2n) is 5.98. The highest BCUT2D eigenvalue weighted by Gasteiger charge is 2.36. The number of nitrogens with two attached hydrogens (primary N) is 1. The molecule has 0 unspecified atom stereocenters. The van der Waals surface area contributed by atoms with Crippen LogP contribution in [0.25, 0.3) is 0 Å². The summed E-state index contributed by atoms with van der Waals surface area (Å²) in [5.74, 6) is -0.853. The summed E-state index contributed by atoms with van der Waals surface area (Å²) < 4.78 is 4.50. The topological polar surface area (TPSA) is 111 Å². The van der Waals surface area contributed by atoms with Gasteiger partial charge in [0, 0.05) is 17.8 Å². The van der Waals surface area contributed by atoms with Gasteiger partial charge in [-0.05, 0) is 37.1 Å². The molecule has 7 heteroatoms. The normalized spacial score (nSPS) is 15.6. The van der Waals surface area contributed by atoms with Crippen molar-refractivity contribution >= 4 is 23.5 Å². The predicted molar refractivity (Wildman–Crippen MR) is 89.4 cm³/mol. The molecule has 0 atom stereocenters. The van der Waals surface area contributed by atoms with Crippen molar-refractivity contribution in [2.45, 2.75) is 37.6 Å². The van der Waals surface area contributed by atoms with Gasteiger partial charge >= 0.3 is 5.97 Å². The van der Waals surface area contributed by atoms with Crippen molar-refractivity contribution in [1.82, 2.24) is 5.32 Å². The predicted octanol–water partition coefficient (Wildman–Crippen LogP) is 1.19. The lowest BCUT2D eigenvalue weighted by atomic mass is 9.98. The zero-order valence-electron chi connectivity index (χ0n) is 13.8. The number of amides is 2. The number of hydrogen-bond donors (Lipinski definition) is 3. The average molecular weight is 333 g/mol. The molecular weight excluding hydrogens is 310 g/mol. The van der Waals surface area contributed by atoms with Crippen LogP contribution in [0, 0.1) is 0 Å². The maximum absolute atomic E-state index is 12.2. The minimum absolute atomic E-state index is 0.120. The van der Waals surface area contributed by atoms with Gasteiger partial charge in [0.25, 0.3) is 5.91 Å². The quantitative estimate of drug-likeness (QED) is 0.677. The molecule has 0 spiro atoms. The molecule has 1 saturated carbocycles. The highest BCUT2D eigenvalue weighted by atomic mass is 16.5. The lowest BCUT2D eigenvalue weighted by Gasteiger charge is -2.22. The Labute approximate surface area is 140 Å². The molecule has 0 aromatic heterocycles. The number of methoxy groups -OCH3 is 1. The van der Waals surface area contributed by atoms with Gasteiger partial charge in [0.05, 0.1) is 19.1 Å². The van der Waals surface area contributed by atoms with E-state index in [1.54, 1.807) is 24.3 Å². The van der Waals surface area contributed by atoms with E-state index in [2.05, 4.69) is 15.4 Å². The molecule has 2 rings (SSSR count). The van der Waals surface area contributed by atoms with E-state index < -0.39 is 5.54 Å². The summed E-state index contributed by atoms with van der Waals surface area (Å²) in [5, 5.41) is 5.43. The molecule has 0 aliphatic heterocycles. The van der Waals surface area contributed by atoms with E-state index in [0.29, 0.717) is 24.1 Å². The molecule has 7 nitrogen and oxygen atoms in total. The van der Waals surface area contributed by atoms with Crippen LogP contribution < -0.4 is 16.4 Å². The van der Waals surface area contributed by atoms with Crippen molar-refractivity contribution in [3.8, 4) is 0 Å². The van der Waals surface area contributed by atoms with Crippen molar-refractivity contribution in [3.63, 3.8) is 0 Å². The largest absolute Gasteiger partial charge is 0.469 e. The fraction of sp³-hybridized carbons (Fsp3) is 0.471. The standard InChI is InChI=1S/C17H23N3O4/c1-24-14(21)8-11-19-15(22)12-4-6-13(7-5-12)20-16(23)17(18)9-2-3-10-17/h4-7H,2-3,8-11,18H2,1H3,(H,19,22)(H,20,23). The number of hydrogen-bond acceptors (Lipinski definition) is 5. The van der Waals surface area contributed by atoms with Crippen LogP contribution >= 0.6 is 0 Å². The van der Waals surface area contributed by atoms with Crippen LogP contribution in [0.4, 0.5) is 5.69 Å². The number of benzene rings is 1. The second kappa shape index (κ2) is 7.92. The van der Waals surface area contributed by atoms with E-state index >= 15 is 0 Å². The van der Waals surface area contributed by atoms with Crippen LogP contribution in [-0.2, 0) is 14.3 Å². The van der Waals surface area contributed by atoms with Gasteiger partial charge in [0.1, 0.15) is 0 Å². The third-order valence-corrected chi connectivity index (χ3v) is 4.20. The van der Waals surface area contributed by atoms with Crippen LogP contribution in [0.2, 0.25) is 0 Å². The van der Waals surface area contributed by atoms with Gasteiger partial charge in [-0.15, -0.1) is 0 Å². The summed E-state index contributed by atoms with van der Waals surface area (Å²) in [4.78, 5) is 35.2. The molecule has 0 bridgehead atoms. The molecule has 2 amide bonds. The Balaban J connectivity index is 1.87. The first-order valence-electron chi connectivity index (χ1n) is 8.00. The molecular formula is C17H23N3O4. The second-order valence-corrected chi connectivity index (χ2v) is 5.98. The summed E-state index contributed by atoms with van der Waals surface area (Å²) in [7, 11) is 1.30. The molecule has 24 heavy (non-hydrogen) atoms. The zero-order valence-corrected chi connectivity index (χ0v) is 13.8. The summed E-state index contributed by atoms with van der Waals surface area (Å²) >= 11 is 0. The summed E-state index contributed by atoms with van der Waals surface area (Å²) in [5.41, 5.74) is 6.36. The summed E-state index contributed by atoms with van der Waals surface area (Å²) in [6, 6.07) is 6.54. The van der Waals surface area contributed by atoms with E-state index in [4.69, 9.17) is 5.73 Å². The Kier molecular flexibility index (Phi) is 5.92. The van der Waals surface area contributed by atoms with Crippen LogP contribution in [-0.4, -0.2) is 37.0 Å². The third-order valence-electron chi connectivity index (χ3n) is 4.20. The molecule has 1 aliphatic rings. The average Bonchev–Trinajstić information content (AvgIpc) is 3.03. The molecule has 1 aliphatic carbocycles. The molecule has 0 heterocycles. The fourth-order valence-corrected chi connectivity index (χ4v) is 2.68.